The molecule has 1 atom stereocenters. The maximum atomic E-state index is 12.6. The van der Waals surface area contributed by atoms with Gasteiger partial charge in [-0.3, -0.25) is 18.5 Å². The molecule has 2 heterocycles. The number of allylic oxidation sites excluding steroid dienone is 6. The Balaban J connectivity index is 1.84. The molecule has 0 saturated carbocycles. The average molecular weight is 859 g/mol. The predicted octanol–water partition coefficient (Wildman–Crippen LogP) is 4.96. The fourth-order valence-electron chi connectivity index (χ4n) is 7.72. The Bertz CT molecular complexity index is 2470. The molecule has 0 aliphatic carbocycles. The van der Waals surface area contributed by atoms with E-state index in [0.29, 0.717) is 60.8 Å². The van der Waals surface area contributed by atoms with Gasteiger partial charge in [-0.2, -0.15) is 29.8 Å². The van der Waals surface area contributed by atoms with E-state index >= 15 is 0 Å². The second-order valence-electron chi connectivity index (χ2n) is 14.4. The number of fused-ring (bicyclic) bond motifs is 2. The Labute approximate surface area is 328 Å². The summed E-state index contributed by atoms with van der Waals surface area (Å²) < 4.78 is 141. The zero-order valence-electron chi connectivity index (χ0n) is 31.2. The number of carboxylic acids is 1. The lowest BCUT2D eigenvalue weighted by Crippen LogP contribution is -2.30. The maximum Gasteiger partial charge on any atom is 0.303 e. The monoisotopic (exact) mass is 858 g/mol. The Morgan fingerprint density at radius 2 is 1.50 bits per heavy atom. The van der Waals surface area contributed by atoms with Gasteiger partial charge in [-0.25, -0.2) is 8.42 Å². The molecule has 2 aliphatic heterocycles. The molecule has 56 heavy (non-hydrogen) atoms. The number of aliphatic carboxylic acids is 1. The Kier molecular flexibility index (Phi) is 13.3. The highest BCUT2D eigenvalue weighted by Crippen LogP contribution is 2.53. The zero-order valence-corrected chi connectivity index (χ0v) is 34.5. The molecule has 2 aliphatic rings. The minimum Gasteiger partial charge on any atom is -0.748 e. The normalized spacial score (nSPS) is 19.4. The molecule has 0 spiro atoms. The summed E-state index contributed by atoms with van der Waals surface area (Å²) in [7, 11) is -19.2. The first-order chi connectivity index (χ1) is 25.7. The number of rotatable bonds is 18. The molecule has 16 nitrogen and oxygen atoms in total. The smallest absolute Gasteiger partial charge is 0.303 e. The van der Waals surface area contributed by atoms with Gasteiger partial charge in [0.1, 0.15) is 21.2 Å². The third-order valence-corrected chi connectivity index (χ3v) is 13.4. The molecule has 0 radical (unpaired) electrons. The number of hydrogen-bond acceptors (Lipinski definition) is 11. The fraction of sp³-hybridized carbons (Fsp3) is 0.444. The number of carboxylic acid groups (broad SMARTS) is 1. The van der Waals surface area contributed by atoms with E-state index in [2.05, 4.69) is 0 Å². The predicted molar refractivity (Wildman–Crippen MR) is 206 cm³/mol. The number of unbranched alkanes of at least 4 members (excludes halogenated alkanes) is 2. The number of benzene rings is 2. The van der Waals surface area contributed by atoms with Crippen molar-refractivity contribution in [2.75, 3.05) is 23.7 Å². The van der Waals surface area contributed by atoms with E-state index in [1.165, 1.54) is 12.1 Å². The van der Waals surface area contributed by atoms with Gasteiger partial charge in [-0.1, -0.05) is 37.6 Å². The number of nitrogens with zero attached hydrogens (tertiary/aromatic N) is 2. The molecule has 20 heteroatoms. The zero-order chi connectivity index (χ0) is 42.1. The highest BCUT2D eigenvalue weighted by Gasteiger charge is 2.49. The van der Waals surface area contributed by atoms with E-state index in [1.54, 1.807) is 66.7 Å². The van der Waals surface area contributed by atoms with Crippen LogP contribution < -0.4 is 4.90 Å². The van der Waals surface area contributed by atoms with Crippen LogP contribution in [-0.2, 0) is 56.1 Å². The third kappa shape index (κ3) is 9.84. The van der Waals surface area contributed by atoms with Crippen molar-refractivity contribution in [2.24, 2.45) is 0 Å². The molecule has 4 rings (SSSR count). The van der Waals surface area contributed by atoms with Crippen LogP contribution in [0, 0.1) is 0 Å². The van der Waals surface area contributed by atoms with E-state index in [1.807, 2.05) is 6.92 Å². The first-order valence-electron chi connectivity index (χ1n) is 17.6. The van der Waals surface area contributed by atoms with Crippen LogP contribution in [-0.4, -0.2) is 92.1 Å². The van der Waals surface area contributed by atoms with Crippen molar-refractivity contribution in [1.29, 1.82) is 0 Å². The lowest BCUT2D eigenvalue weighted by atomic mass is 9.77. The minimum atomic E-state index is -5.01. The molecule has 0 fully saturated rings. The summed E-state index contributed by atoms with van der Waals surface area (Å²) in [5.41, 5.74) is -0.184. The van der Waals surface area contributed by atoms with Gasteiger partial charge in [0.25, 0.3) is 30.4 Å². The quantitative estimate of drug-likeness (QED) is 0.0668. The molecular weight excluding hydrogens is 813 g/mol. The molecule has 0 aromatic heterocycles. The summed E-state index contributed by atoms with van der Waals surface area (Å²) in [5.74, 6) is -1.63. The molecule has 2 aromatic carbocycles. The van der Waals surface area contributed by atoms with E-state index < -0.39 is 72.8 Å². The molecule has 0 saturated heterocycles. The Morgan fingerprint density at radius 1 is 0.839 bits per heavy atom. The van der Waals surface area contributed by atoms with Crippen LogP contribution in [0.3, 0.4) is 0 Å². The lowest BCUT2D eigenvalue weighted by Gasteiger charge is -2.30. The molecule has 1 unspecified atom stereocenters. The summed E-state index contributed by atoms with van der Waals surface area (Å²) in [6.45, 7) is 7.25. The van der Waals surface area contributed by atoms with Crippen LogP contribution in [0.15, 0.2) is 81.1 Å². The van der Waals surface area contributed by atoms with Gasteiger partial charge in [0.2, 0.25) is 5.69 Å². The van der Waals surface area contributed by atoms with Crippen molar-refractivity contribution < 1.29 is 66.4 Å². The minimum absolute atomic E-state index is 0.0334. The van der Waals surface area contributed by atoms with Crippen LogP contribution in [0.4, 0.5) is 11.4 Å². The lowest BCUT2D eigenvalue weighted by molar-refractivity contribution is -0.438. The molecule has 308 valence electrons. The Morgan fingerprint density at radius 3 is 2.07 bits per heavy atom. The van der Waals surface area contributed by atoms with E-state index in [0.717, 1.165) is 6.07 Å². The van der Waals surface area contributed by atoms with Crippen molar-refractivity contribution in [1.82, 2.24) is 0 Å². The first-order valence-corrected chi connectivity index (χ1v) is 23.5. The highest BCUT2D eigenvalue weighted by atomic mass is 32.2. The fourth-order valence-corrected chi connectivity index (χ4v) is 10.5. The van der Waals surface area contributed by atoms with E-state index in [9.17, 15) is 56.7 Å². The molecule has 0 amide bonds. The summed E-state index contributed by atoms with van der Waals surface area (Å²) >= 11 is 0. The maximum absolute atomic E-state index is 12.6. The Hall–Kier alpha value is -3.76. The second-order valence-corrected chi connectivity index (χ2v) is 20.1. The van der Waals surface area contributed by atoms with Crippen LogP contribution in [0.5, 0.6) is 0 Å². The number of carbonyl (C=O) groups is 1. The van der Waals surface area contributed by atoms with Crippen LogP contribution >= 0.6 is 0 Å². The topological polar surface area (TPSA) is 264 Å². The van der Waals surface area contributed by atoms with Crippen molar-refractivity contribution in [2.45, 2.75) is 98.2 Å². The first kappa shape index (κ1) is 44.9. The molecule has 2 aromatic rings. The van der Waals surface area contributed by atoms with E-state index in [-0.39, 0.29) is 42.1 Å². The standard InChI is InChI=1S/C36H46N2O14S4/c1-5-19-36(4)31(37(21-13-22-53(41,42)43)26-14-12-15-28(34(26)36)55(47,48)49)17-9-6-8-16-30-35(2,3)33-27(38(30)20-11-7-10-18-32(39)40)23-25(54(44,45)46)24-29(33)56(50,51)52/h6,8-9,12,14-17,23-24H,5,7,10-11,13,18-22H2,1-4H3,(H4-,39,40,41,42,43,44,45,46,47,48,49,50,51,52). The summed E-state index contributed by atoms with van der Waals surface area (Å²) in [5, 5.41) is 9.05. The molecule has 4 N–H and O–H groups in total. The molecule has 0 bridgehead atoms. The number of hydrogen-bond donors (Lipinski definition) is 4. The summed E-state index contributed by atoms with van der Waals surface area (Å²) in [4.78, 5) is 11.0. The summed E-state index contributed by atoms with van der Waals surface area (Å²) in [6, 6.07) is 6.19. The highest BCUT2D eigenvalue weighted by molar-refractivity contribution is 7.87. The average Bonchev–Trinajstić information content (AvgIpc) is 3.41. The largest absolute Gasteiger partial charge is 0.748 e. The van der Waals surface area contributed by atoms with Crippen LogP contribution in [0.2, 0.25) is 0 Å². The van der Waals surface area contributed by atoms with Gasteiger partial charge < -0.3 is 14.6 Å². The third-order valence-electron chi connectivity index (χ3n) is 9.99. The van der Waals surface area contributed by atoms with Crippen LogP contribution in [0.25, 0.3) is 0 Å². The van der Waals surface area contributed by atoms with Gasteiger partial charge in [0, 0.05) is 59.6 Å². The van der Waals surface area contributed by atoms with Crippen molar-refractivity contribution in [3.05, 3.63) is 77.5 Å². The van der Waals surface area contributed by atoms with Crippen molar-refractivity contribution >= 4 is 63.5 Å². The van der Waals surface area contributed by atoms with Crippen molar-refractivity contribution in [3.63, 3.8) is 0 Å². The number of anilines is 1. The van der Waals surface area contributed by atoms with Crippen LogP contribution in [0.1, 0.15) is 83.8 Å². The van der Waals surface area contributed by atoms with Gasteiger partial charge >= 0.3 is 5.97 Å². The second kappa shape index (κ2) is 16.6. The van der Waals surface area contributed by atoms with Gasteiger partial charge in [-0.15, -0.1) is 0 Å². The molecular formula is C36H46N2O14S4. The summed E-state index contributed by atoms with van der Waals surface area (Å²) in [6.07, 6.45) is 10.3. The van der Waals surface area contributed by atoms with Gasteiger partial charge in [-0.05, 0) is 70.7 Å². The van der Waals surface area contributed by atoms with E-state index in [4.69, 9.17) is 5.11 Å². The van der Waals surface area contributed by atoms with Crippen molar-refractivity contribution in [3.8, 4) is 0 Å². The van der Waals surface area contributed by atoms with Gasteiger partial charge in [0.15, 0.2) is 5.71 Å². The SMILES string of the molecule is CCCC1(C)\C(=C/C=C/C=C/C2=[N+](CCCCCC(=O)O)c3cc(S(=O)(=O)O)cc(S(=O)(=O)O)c3C2(C)C)N(CCCS(=O)(=O)[O-])c2cccc(S(=O)(=O)O)c21. The van der Waals surface area contributed by atoms with Gasteiger partial charge in [0.05, 0.1) is 21.1 Å².